The Kier molecular flexibility index (Phi) is 5.35. The molecule has 0 unspecified atom stereocenters. The number of hydrogen-bond acceptors (Lipinski definition) is 5. The largest absolute Gasteiger partial charge is 0.494 e. The van der Waals surface area contributed by atoms with Gasteiger partial charge in [0.1, 0.15) is 11.4 Å². The SMILES string of the molecule is COc1ccc(/C=C/C(=O)Nc2ccccc2C=O)cc1N=O. The lowest BCUT2D eigenvalue weighted by Crippen LogP contribution is -2.09. The average Bonchev–Trinajstić information content (AvgIpc) is 2.60. The predicted octanol–water partition coefficient (Wildman–Crippen LogP) is 3.56. The number of ether oxygens (including phenoxy) is 1. The molecule has 0 aliphatic heterocycles. The van der Waals surface area contributed by atoms with Crippen LogP contribution in [0, 0.1) is 4.91 Å². The zero-order valence-corrected chi connectivity index (χ0v) is 12.4. The molecule has 116 valence electrons. The molecule has 1 amide bonds. The van der Waals surface area contributed by atoms with E-state index in [4.69, 9.17) is 4.74 Å². The van der Waals surface area contributed by atoms with Gasteiger partial charge >= 0.3 is 0 Å². The summed E-state index contributed by atoms with van der Waals surface area (Å²) in [5.41, 5.74) is 1.61. The van der Waals surface area contributed by atoms with Crippen LogP contribution in [0.5, 0.6) is 5.75 Å². The van der Waals surface area contributed by atoms with Gasteiger partial charge in [-0.05, 0) is 41.1 Å². The van der Waals surface area contributed by atoms with E-state index in [0.717, 1.165) is 0 Å². The second kappa shape index (κ2) is 7.65. The van der Waals surface area contributed by atoms with Crippen molar-refractivity contribution < 1.29 is 14.3 Å². The molecule has 0 aliphatic carbocycles. The Hall–Kier alpha value is -3.28. The van der Waals surface area contributed by atoms with Crippen LogP contribution in [-0.4, -0.2) is 19.3 Å². The topological polar surface area (TPSA) is 84.8 Å². The van der Waals surface area contributed by atoms with Crippen LogP contribution in [0.15, 0.2) is 53.7 Å². The molecule has 0 bridgehead atoms. The molecular weight excluding hydrogens is 296 g/mol. The zero-order chi connectivity index (χ0) is 16.7. The predicted molar refractivity (Wildman–Crippen MR) is 87.9 cm³/mol. The number of nitrogens with one attached hydrogen (secondary N) is 1. The molecule has 1 N–H and O–H groups in total. The molecule has 0 aliphatic rings. The fourth-order valence-electron chi connectivity index (χ4n) is 1.94. The third kappa shape index (κ3) is 4.10. The lowest BCUT2D eigenvalue weighted by atomic mass is 10.1. The molecule has 6 heteroatoms. The van der Waals surface area contributed by atoms with Crippen LogP contribution in [0.3, 0.4) is 0 Å². The average molecular weight is 310 g/mol. The number of rotatable bonds is 6. The summed E-state index contributed by atoms with van der Waals surface area (Å²) in [6.07, 6.45) is 3.51. The Morgan fingerprint density at radius 1 is 1.22 bits per heavy atom. The third-order valence-electron chi connectivity index (χ3n) is 3.07. The number of nitrogens with zero attached hydrogens (tertiary/aromatic N) is 1. The van der Waals surface area contributed by atoms with Gasteiger partial charge in [-0.3, -0.25) is 9.59 Å². The summed E-state index contributed by atoms with van der Waals surface area (Å²) in [7, 11) is 1.44. The van der Waals surface area contributed by atoms with Crippen molar-refractivity contribution in [3.63, 3.8) is 0 Å². The quantitative estimate of drug-likeness (QED) is 0.502. The van der Waals surface area contributed by atoms with E-state index in [1.54, 1.807) is 36.4 Å². The smallest absolute Gasteiger partial charge is 0.248 e. The number of benzene rings is 2. The fraction of sp³-hybridized carbons (Fsp3) is 0.0588. The van der Waals surface area contributed by atoms with E-state index < -0.39 is 5.91 Å². The highest BCUT2D eigenvalue weighted by Gasteiger charge is 2.05. The number of carbonyl (C=O) groups is 2. The van der Waals surface area contributed by atoms with E-state index in [9.17, 15) is 14.5 Å². The molecule has 6 nitrogen and oxygen atoms in total. The molecular formula is C17H14N2O4. The normalized spacial score (nSPS) is 10.3. The van der Waals surface area contributed by atoms with E-state index in [1.807, 2.05) is 0 Å². The van der Waals surface area contributed by atoms with Gasteiger partial charge in [0.15, 0.2) is 6.29 Å². The minimum absolute atomic E-state index is 0.154. The first kappa shape index (κ1) is 16.1. The minimum Gasteiger partial charge on any atom is -0.494 e. The maximum absolute atomic E-state index is 11.9. The molecule has 0 spiro atoms. The number of methoxy groups -OCH3 is 1. The van der Waals surface area contributed by atoms with Gasteiger partial charge in [0.25, 0.3) is 0 Å². The van der Waals surface area contributed by atoms with Gasteiger partial charge in [0.05, 0.1) is 12.8 Å². The van der Waals surface area contributed by atoms with Gasteiger partial charge in [0, 0.05) is 11.6 Å². The zero-order valence-electron chi connectivity index (χ0n) is 12.4. The van der Waals surface area contributed by atoms with Gasteiger partial charge in [0.2, 0.25) is 5.91 Å². The van der Waals surface area contributed by atoms with Gasteiger partial charge in [-0.1, -0.05) is 18.2 Å². The van der Waals surface area contributed by atoms with E-state index >= 15 is 0 Å². The Morgan fingerprint density at radius 3 is 2.70 bits per heavy atom. The number of para-hydroxylation sites is 1. The van der Waals surface area contributed by atoms with Crippen LogP contribution in [0.2, 0.25) is 0 Å². The maximum Gasteiger partial charge on any atom is 0.248 e. The second-order valence-electron chi connectivity index (χ2n) is 4.55. The van der Waals surface area contributed by atoms with Crippen molar-refractivity contribution in [2.75, 3.05) is 12.4 Å². The lowest BCUT2D eigenvalue weighted by Gasteiger charge is -2.05. The third-order valence-corrected chi connectivity index (χ3v) is 3.07. The molecule has 0 radical (unpaired) electrons. The summed E-state index contributed by atoms with van der Waals surface area (Å²) >= 11 is 0. The van der Waals surface area contributed by atoms with Crippen LogP contribution in [-0.2, 0) is 4.79 Å². The molecule has 0 saturated carbocycles. The second-order valence-corrected chi connectivity index (χ2v) is 4.55. The van der Waals surface area contributed by atoms with Gasteiger partial charge in [-0.2, -0.15) is 0 Å². The molecule has 0 atom stereocenters. The van der Waals surface area contributed by atoms with Gasteiger partial charge in [-0.15, -0.1) is 4.91 Å². The molecule has 0 heterocycles. The molecule has 0 saturated heterocycles. The minimum atomic E-state index is -0.393. The van der Waals surface area contributed by atoms with E-state index in [0.29, 0.717) is 28.8 Å². The van der Waals surface area contributed by atoms with Gasteiger partial charge in [-0.25, -0.2) is 0 Å². The standard InChI is InChI=1S/C17H14N2O4/c1-23-16-8-6-12(10-15(16)19-22)7-9-17(21)18-14-5-3-2-4-13(14)11-20/h2-11H,1H3,(H,18,21)/b9-7+. The van der Waals surface area contributed by atoms with Crippen molar-refractivity contribution in [3.8, 4) is 5.75 Å². The van der Waals surface area contributed by atoms with Crippen molar-refractivity contribution in [1.82, 2.24) is 0 Å². The highest BCUT2D eigenvalue weighted by molar-refractivity contribution is 6.04. The first-order valence-corrected chi connectivity index (χ1v) is 6.72. The van der Waals surface area contributed by atoms with Crippen molar-refractivity contribution in [1.29, 1.82) is 0 Å². The molecule has 0 aromatic heterocycles. The van der Waals surface area contributed by atoms with Crippen LogP contribution in [0.1, 0.15) is 15.9 Å². The van der Waals surface area contributed by atoms with Crippen molar-refractivity contribution in [2.24, 2.45) is 5.18 Å². The summed E-state index contributed by atoms with van der Waals surface area (Å²) in [6.45, 7) is 0. The highest BCUT2D eigenvalue weighted by atomic mass is 16.5. The van der Waals surface area contributed by atoms with Crippen LogP contribution >= 0.6 is 0 Å². The first-order valence-electron chi connectivity index (χ1n) is 6.72. The van der Waals surface area contributed by atoms with Gasteiger partial charge < -0.3 is 10.1 Å². The maximum atomic E-state index is 11.9. The van der Waals surface area contributed by atoms with E-state index in [1.165, 1.54) is 25.3 Å². The molecule has 23 heavy (non-hydrogen) atoms. The van der Waals surface area contributed by atoms with Crippen LogP contribution in [0.4, 0.5) is 11.4 Å². The summed E-state index contributed by atoms with van der Waals surface area (Å²) in [5, 5.41) is 5.49. The lowest BCUT2D eigenvalue weighted by molar-refractivity contribution is -0.111. The number of hydrogen-bond donors (Lipinski definition) is 1. The number of amides is 1. The molecule has 2 rings (SSSR count). The Labute approximate surface area is 132 Å². The Morgan fingerprint density at radius 2 is 2.00 bits per heavy atom. The summed E-state index contributed by atoms with van der Waals surface area (Å²) in [6, 6.07) is 11.5. The monoisotopic (exact) mass is 310 g/mol. The molecule has 0 fully saturated rings. The van der Waals surface area contributed by atoms with E-state index in [-0.39, 0.29) is 5.69 Å². The van der Waals surface area contributed by atoms with Crippen molar-refractivity contribution >= 4 is 29.6 Å². The molecule has 2 aromatic rings. The fourth-order valence-corrected chi connectivity index (χ4v) is 1.94. The van der Waals surface area contributed by atoms with Crippen molar-refractivity contribution in [3.05, 3.63) is 64.6 Å². The first-order chi connectivity index (χ1) is 11.2. The number of anilines is 1. The molecule has 2 aromatic carbocycles. The van der Waals surface area contributed by atoms with Crippen LogP contribution in [0.25, 0.3) is 6.08 Å². The van der Waals surface area contributed by atoms with E-state index in [2.05, 4.69) is 10.5 Å². The van der Waals surface area contributed by atoms with Crippen molar-refractivity contribution in [2.45, 2.75) is 0 Å². The summed E-state index contributed by atoms with van der Waals surface area (Å²) in [5.74, 6) is -0.0303. The Balaban J connectivity index is 2.12. The van der Waals surface area contributed by atoms with Crippen LogP contribution < -0.4 is 10.1 Å². The highest BCUT2D eigenvalue weighted by Crippen LogP contribution is 2.28. The summed E-state index contributed by atoms with van der Waals surface area (Å²) < 4.78 is 4.99. The summed E-state index contributed by atoms with van der Waals surface area (Å²) in [4.78, 5) is 33.5. The number of nitroso groups, excluding NO2 is 1. The Bertz CT molecular complexity index is 769. The number of aldehydes is 1. The number of carbonyl (C=O) groups excluding carboxylic acids is 2.